The summed E-state index contributed by atoms with van der Waals surface area (Å²) in [5.74, 6) is 0. The molecule has 0 saturated heterocycles. The van der Waals surface area contributed by atoms with Gasteiger partial charge in [0.1, 0.15) is 0 Å². The minimum Gasteiger partial charge on any atom is -0.347 e. The Kier molecular flexibility index (Phi) is 1.74. The molecule has 2 heteroatoms. The molecule has 0 fully saturated rings. The zero-order valence-corrected chi connectivity index (χ0v) is 5.59. The number of hydrogen-bond acceptors (Lipinski definition) is 1. The number of rotatable bonds is 1. The van der Waals surface area contributed by atoms with Crippen molar-refractivity contribution in [2.75, 3.05) is 14.1 Å². The summed E-state index contributed by atoms with van der Waals surface area (Å²) in [5.41, 5.74) is 0. The zero-order chi connectivity index (χ0) is 5.98. The highest BCUT2D eigenvalue weighted by molar-refractivity contribution is 6.57. The fourth-order valence-corrected chi connectivity index (χ4v) is 1.02. The van der Waals surface area contributed by atoms with E-state index in [4.69, 9.17) is 0 Å². The summed E-state index contributed by atoms with van der Waals surface area (Å²) < 4.78 is 0. The van der Waals surface area contributed by atoms with Crippen molar-refractivity contribution in [3.05, 3.63) is 12.2 Å². The van der Waals surface area contributed by atoms with E-state index in [-0.39, 0.29) is 0 Å². The maximum absolute atomic E-state index is 2.28. The van der Waals surface area contributed by atoms with Gasteiger partial charge in [-0.15, -0.1) is 0 Å². The van der Waals surface area contributed by atoms with Crippen molar-refractivity contribution in [1.29, 1.82) is 0 Å². The Balaban J connectivity index is 2.29. The molecule has 0 amide bonds. The molecule has 0 bridgehead atoms. The second-order valence-corrected chi connectivity index (χ2v) is 2.56. The normalized spacial score (nSPS) is 18.6. The van der Waals surface area contributed by atoms with Crippen LogP contribution < -0.4 is 0 Å². The van der Waals surface area contributed by atoms with Gasteiger partial charge in [0.15, 0.2) is 0 Å². The second kappa shape index (κ2) is 2.36. The van der Waals surface area contributed by atoms with Crippen molar-refractivity contribution in [2.45, 2.75) is 12.6 Å². The molecule has 1 rings (SSSR count). The standard InChI is InChI=1S/C6H12BN/c1-8(2)7-5-3-4-6-7/h3-4H,5-6H2,1-2H3. The van der Waals surface area contributed by atoms with E-state index < -0.39 is 0 Å². The number of allylic oxidation sites excluding steroid dienone is 2. The van der Waals surface area contributed by atoms with Crippen LogP contribution in [-0.2, 0) is 0 Å². The Morgan fingerprint density at radius 2 is 1.75 bits per heavy atom. The van der Waals surface area contributed by atoms with Gasteiger partial charge in [-0.25, -0.2) is 0 Å². The summed E-state index contributed by atoms with van der Waals surface area (Å²) >= 11 is 0. The molecule has 1 nitrogen and oxygen atoms in total. The average Bonchev–Trinajstić information content (AvgIpc) is 2.12. The molecule has 0 saturated carbocycles. The third kappa shape index (κ3) is 1.13. The monoisotopic (exact) mass is 109 g/mol. The first-order chi connectivity index (χ1) is 3.80. The van der Waals surface area contributed by atoms with Gasteiger partial charge in [0.2, 0.25) is 6.85 Å². The first kappa shape index (κ1) is 5.89. The van der Waals surface area contributed by atoms with Gasteiger partial charge in [0.05, 0.1) is 0 Å². The van der Waals surface area contributed by atoms with Gasteiger partial charge in [0, 0.05) is 0 Å². The average molecular weight is 109 g/mol. The molecule has 1 heterocycles. The Labute approximate surface area is 51.5 Å². The van der Waals surface area contributed by atoms with Crippen molar-refractivity contribution < 1.29 is 0 Å². The number of nitrogens with zero attached hydrogens (tertiary/aromatic N) is 1. The third-order valence-electron chi connectivity index (χ3n) is 1.71. The van der Waals surface area contributed by atoms with Crippen LogP contribution in [0.2, 0.25) is 12.6 Å². The summed E-state index contributed by atoms with van der Waals surface area (Å²) in [4.78, 5) is 2.28. The molecule has 44 valence electrons. The van der Waals surface area contributed by atoms with Crippen LogP contribution in [0, 0.1) is 0 Å². The van der Waals surface area contributed by atoms with Crippen molar-refractivity contribution in [3.8, 4) is 0 Å². The van der Waals surface area contributed by atoms with E-state index in [0.717, 1.165) is 6.85 Å². The topological polar surface area (TPSA) is 3.24 Å². The van der Waals surface area contributed by atoms with Crippen LogP contribution in [0.25, 0.3) is 0 Å². The summed E-state index contributed by atoms with van der Waals surface area (Å²) in [7, 11) is 4.27. The molecule has 0 aromatic carbocycles. The van der Waals surface area contributed by atoms with Crippen LogP contribution in [0.1, 0.15) is 0 Å². The second-order valence-electron chi connectivity index (χ2n) is 2.56. The molecule has 8 heavy (non-hydrogen) atoms. The van der Waals surface area contributed by atoms with Gasteiger partial charge in [-0.2, -0.15) is 0 Å². The Morgan fingerprint density at radius 1 is 1.25 bits per heavy atom. The summed E-state index contributed by atoms with van der Waals surface area (Å²) in [6.07, 6.45) is 7.00. The van der Waals surface area contributed by atoms with Gasteiger partial charge in [-0.3, -0.25) is 0 Å². The molecule has 0 atom stereocenters. The van der Waals surface area contributed by atoms with Crippen LogP contribution in [0.5, 0.6) is 0 Å². The van der Waals surface area contributed by atoms with E-state index in [1.54, 1.807) is 0 Å². The fraction of sp³-hybridized carbons (Fsp3) is 0.667. The Morgan fingerprint density at radius 3 is 2.00 bits per heavy atom. The molecule has 1 aliphatic heterocycles. The Bertz CT molecular complexity index is 90.7. The van der Waals surface area contributed by atoms with Crippen LogP contribution in [0.4, 0.5) is 0 Å². The zero-order valence-electron chi connectivity index (χ0n) is 5.59. The highest BCUT2D eigenvalue weighted by Crippen LogP contribution is 2.11. The van der Waals surface area contributed by atoms with Gasteiger partial charge < -0.3 is 4.81 Å². The van der Waals surface area contributed by atoms with E-state index in [1.807, 2.05) is 0 Å². The summed E-state index contributed by atoms with van der Waals surface area (Å²) in [6.45, 7) is 0.787. The SMILES string of the molecule is CN(C)B1CC=CC1. The lowest BCUT2D eigenvalue weighted by Gasteiger charge is -2.13. The lowest BCUT2D eigenvalue weighted by atomic mass is 9.59. The van der Waals surface area contributed by atoms with Crippen LogP contribution in [0.3, 0.4) is 0 Å². The minimum atomic E-state index is 0.787. The predicted molar refractivity (Wildman–Crippen MR) is 38.2 cm³/mol. The highest BCUT2D eigenvalue weighted by Gasteiger charge is 2.16. The van der Waals surface area contributed by atoms with Gasteiger partial charge in [0.25, 0.3) is 0 Å². The minimum absolute atomic E-state index is 0.787. The van der Waals surface area contributed by atoms with E-state index in [2.05, 4.69) is 31.1 Å². The largest absolute Gasteiger partial charge is 0.347 e. The van der Waals surface area contributed by atoms with Crippen LogP contribution >= 0.6 is 0 Å². The van der Waals surface area contributed by atoms with E-state index in [9.17, 15) is 0 Å². The number of hydrogen-bond donors (Lipinski definition) is 0. The van der Waals surface area contributed by atoms with E-state index >= 15 is 0 Å². The van der Waals surface area contributed by atoms with Crippen LogP contribution in [0.15, 0.2) is 12.2 Å². The molecule has 0 unspecified atom stereocenters. The summed E-state index contributed by atoms with van der Waals surface area (Å²) in [5, 5.41) is 0. The van der Waals surface area contributed by atoms with Gasteiger partial charge in [-0.1, -0.05) is 12.2 Å². The lowest BCUT2D eigenvalue weighted by molar-refractivity contribution is 0.642. The molecule has 0 radical (unpaired) electrons. The third-order valence-corrected chi connectivity index (χ3v) is 1.71. The van der Waals surface area contributed by atoms with Gasteiger partial charge in [-0.05, 0) is 26.7 Å². The van der Waals surface area contributed by atoms with E-state index in [1.165, 1.54) is 12.6 Å². The van der Waals surface area contributed by atoms with Crippen molar-refractivity contribution in [3.63, 3.8) is 0 Å². The molecule has 1 aliphatic rings. The van der Waals surface area contributed by atoms with E-state index in [0.29, 0.717) is 0 Å². The molecular weight excluding hydrogens is 96.9 g/mol. The van der Waals surface area contributed by atoms with Crippen LogP contribution in [-0.4, -0.2) is 25.8 Å². The molecule has 0 N–H and O–H groups in total. The molecule has 0 aromatic rings. The Hall–Kier alpha value is -0.235. The van der Waals surface area contributed by atoms with Crippen molar-refractivity contribution in [2.24, 2.45) is 0 Å². The maximum atomic E-state index is 2.28. The first-order valence-electron chi connectivity index (χ1n) is 3.12. The highest BCUT2D eigenvalue weighted by atomic mass is 15.0. The fourth-order valence-electron chi connectivity index (χ4n) is 1.02. The lowest BCUT2D eigenvalue weighted by Crippen LogP contribution is -2.29. The van der Waals surface area contributed by atoms with Gasteiger partial charge >= 0.3 is 0 Å². The molecule has 0 aromatic heterocycles. The summed E-state index contributed by atoms with van der Waals surface area (Å²) in [6, 6.07) is 0. The smallest absolute Gasteiger partial charge is 0.230 e. The molecule has 0 spiro atoms. The first-order valence-corrected chi connectivity index (χ1v) is 3.12. The predicted octanol–water partition coefficient (Wildman–Crippen LogP) is 1.11. The maximum Gasteiger partial charge on any atom is 0.230 e. The van der Waals surface area contributed by atoms with Crippen molar-refractivity contribution >= 4 is 6.85 Å². The molecular formula is C6H12BN. The quantitative estimate of drug-likeness (QED) is 0.360. The molecule has 0 aliphatic carbocycles. The van der Waals surface area contributed by atoms with Crippen molar-refractivity contribution in [1.82, 2.24) is 4.81 Å².